The van der Waals surface area contributed by atoms with Crippen LogP contribution in [0.15, 0.2) is 33.3 Å². The molecule has 19 heavy (non-hydrogen) atoms. The van der Waals surface area contributed by atoms with Gasteiger partial charge in [-0.1, -0.05) is 35.0 Å². The molecule has 2 rings (SSSR count). The molecule has 0 saturated carbocycles. The van der Waals surface area contributed by atoms with E-state index in [1.807, 2.05) is 29.8 Å². The predicted octanol–water partition coefficient (Wildman–Crippen LogP) is 4.21. The highest BCUT2D eigenvalue weighted by Gasteiger charge is 2.19. The second kappa shape index (κ2) is 6.20. The third-order valence-corrected chi connectivity index (χ3v) is 4.50. The number of aryl methyl sites for hydroxylation is 2. The average Bonchev–Trinajstić information content (AvgIpc) is 2.74. The molecule has 0 saturated heterocycles. The van der Waals surface area contributed by atoms with Gasteiger partial charge < -0.3 is 5.11 Å². The van der Waals surface area contributed by atoms with Crippen molar-refractivity contribution in [2.75, 3.05) is 0 Å². The lowest BCUT2D eigenvalue weighted by Gasteiger charge is -2.15. The number of hydrogen-bond donors (Lipinski definition) is 1. The Morgan fingerprint density at radius 3 is 2.68 bits per heavy atom. The fourth-order valence-corrected chi connectivity index (χ4v) is 2.88. The minimum absolute atomic E-state index is 0.680. The van der Waals surface area contributed by atoms with E-state index in [-0.39, 0.29) is 0 Å². The summed E-state index contributed by atoms with van der Waals surface area (Å²) in [5, 5.41) is 14.9. The highest BCUT2D eigenvalue weighted by atomic mass is 79.9. The van der Waals surface area contributed by atoms with Crippen LogP contribution in [-0.4, -0.2) is 14.9 Å². The third-order valence-electron chi connectivity index (χ3n) is 3.04. The standard InChI is InChI=1S/C14H16Br2N2O/c1-3-6-18-13(12(16)8-17-18)14(19)10-5-4-9(2)11(15)7-10/h4-5,7-8,14,19H,3,6H2,1-2H3. The number of benzene rings is 1. The molecule has 0 aliphatic rings. The lowest BCUT2D eigenvalue weighted by Crippen LogP contribution is -2.10. The van der Waals surface area contributed by atoms with Crippen molar-refractivity contribution in [2.45, 2.75) is 32.9 Å². The minimum Gasteiger partial charge on any atom is -0.382 e. The molecule has 0 aliphatic carbocycles. The van der Waals surface area contributed by atoms with Gasteiger partial charge >= 0.3 is 0 Å². The maximum Gasteiger partial charge on any atom is 0.122 e. The van der Waals surface area contributed by atoms with Crippen molar-refractivity contribution >= 4 is 31.9 Å². The fourth-order valence-electron chi connectivity index (χ4n) is 1.97. The molecule has 1 aromatic carbocycles. The van der Waals surface area contributed by atoms with Crippen LogP contribution in [-0.2, 0) is 6.54 Å². The third kappa shape index (κ3) is 3.09. The van der Waals surface area contributed by atoms with E-state index in [0.717, 1.165) is 38.7 Å². The van der Waals surface area contributed by atoms with Crippen molar-refractivity contribution in [1.82, 2.24) is 9.78 Å². The zero-order valence-electron chi connectivity index (χ0n) is 10.9. The quantitative estimate of drug-likeness (QED) is 0.853. The molecule has 102 valence electrons. The Kier molecular flexibility index (Phi) is 4.81. The summed E-state index contributed by atoms with van der Waals surface area (Å²) in [4.78, 5) is 0. The van der Waals surface area contributed by atoms with Crippen molar-refractivity contribution in [1.29, 1.82) is 0 Å². The molecular formula is C14H16Br2N2O. The van der Waals surface area contributed by atoms with Gasteiger partial charge in [-0.3, -0.25) is 4.68 Å². The van der Waals surface area contributed by atoms with E-state index in [1.54, 1.807) is 6.20 Å². The molecule has 0 amide bonds. The predicted molar refractivity (Wildman–Crippen MR) is 83.2 cm³/mol. The fraction of sp³-hybridized carbons (Fsp3) is 0.357. The first-order valence-corrected chi connectivity index (χ1v) is 7.78. The number of aliphatic hydroxyl groups is 1. The number of rotatable bonds is 4. The van der Waals surface area contributed by atoms with Crippen LogP contribution in [0, 0.1) is 6.92 Å². The van der Waals surface area contributed by atoms with Gasteiger partial charge in [-0.15, -0.1) is 0 Å². The summed E-state index contributed by atoms with van der Waals surface area (Å²) < 4.78 is 3.69. The largest absolute Gasteiger partial charge is 0.382 e. The van der Waals surface area contributed by atoms with Gasteiger partial charge in [0.15, 0.2) is 0 Å². The van der Waals surface area contributed by atoms with Crippen LogP contribution < -0.4 is 0 Å². The van der Waals surface area contributed by atoms with Crippen LogP contribution in [0.5, 0.6) is 0 Å². The summed E-state index contributed by atoms with van der Waals surface area (Å²) in [7, 11) is 0. The highest BCUT2D eigenvalue weighted by Crippen LogP contribution is 2.30. The Labute approximate surface area is 129 Å². The molecular weight excluding hydrogens is 372 g/mol. The molecule has 0 fully saturated rings. The summed E-state index contributed by atoms with van der Waals surface area (Å²) in [6.07, 6.45) is 2.03. The van der Waals surface area contributed by atoms with Gasteiger partial charge in [-0.2, -0.15) is 5.10 Å². The number of hydrogen-bond acceptors (Lipinski definition) is 2. The van der Waals surface area contributed by atoms with Crippen molar-refractivity contribution in [3.8, 4) is 0 Å². The van der Waals surface area contributed by atoms with Gasteiger partial charge in [-0.05, 0) is 46.5 Å². The van der Waals surface area contributed by atoms with Crippen LogP contribution in [0.4, 0.5) is 0 Å². The lowest BCUT2D eigenvalue weighted by atomic mass is 10.0. The Morgan fingerprint density at radius 2 is 2.05 bits per heavy atom. The van der Waals surface area contributed by atoms with Crippen molar-refractivity contribution < 1.29 is 5.11 Å². The average molecular weight is 388 g/mol. The second-order valence-electron chi connectivity index (χ2n) is 4.51. The number of aromatic nitrogens is 2. The smallest absolute Gasteiger partial charge is 0.122 e. The number of halogens is 2. The SMILES string of the molecule is CCCn1ncc(Br)c1C(O)c1ccc(C)c(Br)c1. The van der Waals surface area contributed by atoms with Gasteiger partial charge in [0, 0.05) is 11.0 Å². The van der Waals surface area contributed by atoms with Crippen molar-refractivity contribution in [3.05, 3.63) is 50.2 Å². The first kappa shape index (κ1) is 14.8. The van der Waals surface area contributed by atoms with Crippen LogP contribution >= 0.6 is 31.9 Å². The first-order valence-electron chi connectivity index (χ1n) is 6.20. The van der Waals surface area contributed by atoms with E-state index in [9.17, 15) is 5.11 Å². The van der Waals surface area contributed by atoms with Crippen LogP contribution in [0.2, 0.25) is 0 Å². The maximum atomic E-state index is 10.6. The molecule has 1 unspecified atom stereocenters. The Bertz CT molecular complexity index is 581. The number of aliphatic hydroxyl groups excluding tert-OH is 1. The second-order valence-corrected chi connectivity index (χ2v) is 6.22. The van der Waals surface area contributed by atoms with Crippen LogP contribution in [0.25, 0.3) is 0 Å². The molecule has 3 nitrogen and oxygen atoms in total. The molecule has 0 aliphatic heterocycles. The van der Waals surface area contributed by atoms with Crippen LogP contribution in [0.1, 0.15) is 36.3 Å². The Morgan fingerprint density at radius 1 is 1.32 bits per heavy atom. The Hall–Kier alpha value is -0.650. The molecule has 0 spiro atoms. The molecule has 1 heterocycles. The monoisotopic (exact) mass is 386 g/mol. The van der Waals surface area contributed by atoms with Crippen LogP contribution in [0.3, 0.4) is 0 Å². The van der Waals surface area contributed by atoms with E-state index in [2.05, 4.69) is 43.9 Å². The topological polar surface area (TPSA) is 38.0 Å². The zero-order chi connectivity index (χ0) is 14.0. The van der Waals surface area contributed by atoms with Gasteiger partial charge in [-0.25, -0.2) is 0 Å². The normalized spacial score (nSPS) is 12.7. The van der Waals surface area contributed by atoms with Gasteiger partial charge in [0.25, 0.3) is 0 Å². The van der Waals surface area contributed by atoms with E-state index in [1.165, 1.54) is 0 Å². The highest BCUT2D eigenvalue weighted by molar-refractivity contribution is 9.10. The molecule has 0 bridgehead atoms. The summed E-state index contributed by atoms with van der Waals surface area (Å²) >= 11 is 6.96. The summed E-state index contributed by atoms with van der Waals surface area (Å²) in [6, 6.07) is 5.90. The summed E-state index contributed by atoms with van der Waals surface area (Å²) in [5.41, 5.74) is 2.81. The van der Waals surface area contributed by atoms with Gasteiger partial charge in [0.2, 0.25) is 0 Å². The zero-order valence-corrected chi connectivity index (χ0v) is 14.1. The molecule has 2 aromatic rings. The summed E-state index contributed by atoms with van der Waals surface area (Å²) in [5.74, 6) is 0. The maximum absolute atomic E-state index is 10.6. The van der Waals surface area contributed by atoms with Gasteiger partial charge in [0.05, 0.1) is 16.4 Å². The molecule has 5 heteroatoms. The summed E-state index contributed by atoms with van der Waals surface area (Å²) in [6.45, 7) is 4.91. The Balaban J connectivity index is 2.40. The molecule has 1 N–H and O–H groups in total. The molecule has 1 atom stereocenters. The lowest BCUT2D eigenvalue weighted by molar-refractivity contribution is 0.206. The molecule has 0 radical (unpaired) electrons. The van der Waals surface area contributed by atoms with E-state index >= 15 is 0 Å². The minimum atomic E-state index is -0.680. The van der Waals surface area contributed by atoms with Crippen molar-refractivity contribution in [2.24, 2.45) is 0 Å². The van der Waals surface area contributed by atoms with E-state index in [4.69, 9.17) is 0 Å². The number of nitrogens with zero attached hydrogens (tertiary/aromatic N) is 2. The van der Waals surface area contributed by atoms with E-state index in [0.29, 0.717) is 0 Å². The molecule has 1 aromatic heterocycles. The first-order chi connectivity index (χ1) is 9.04. The van der Waals surface area contributed by atoms with Crippen molar-refractivity contribution in [3.63, 3.8) is 0 Å². The van der Waals surface area contributed by atoms with E-state index < -0.39 is 6.10 Å². The van der Waals surface area contributed by atoms with Gasteiger partial charge in [0.1, 0.15) is 6.10 Å².